The Labute approximate surface area is 98.5 Å². The van der Waals surface area contributed by atoms with Gasteiger partial charge in [0.1, 0.15) is 5.69 Å². The van der Waals surface area contributed by atoms with Crippen LogP contribution in [0.5, 0.6) is 0 Å². The number of piperidine rings is 1. The van der Waals surface area contributed by atoms with Crippen LogP contribution in [0.25, 0.3) is 11.5 Å². The zero-order valence-electron chi connectivity index (χ0n) is 9.33. The predicted octanol–water partition coefficient (Wildman–Crippen LogP) is 0.994. The van der Waals surface area contributed by atoms with E-state index in [4.69, 9.17) is 4.52 Å². The molecule has 1 aliphatic heterocycles. The number of aromatic nitrogens is 4. The van der Waals surface area contributed by atoms with E-state index in [1.54, 1.807) is 18.6 Å². The highest BCUT2D eigenvalue weighted by Gasteiger charge is 2.21. The van der Waals surface area contributed by atoms with E-state index >= 15 is 0 Å². The molecule has 17 heavy (non-hydrogen) atoms. The van der Waals surface area contributed by atoms with Crippen LogP contribution in [0.1, 0.15) is 24.7 Å². The standard InChI is InChI=1S/C11H13N5O/c1-3-12-4-2-8(1)11-15-10(16-17-11)9-7-13-5-6-14-9/h5-8,12H,1-4H2. The maximum atomic E-state index is 5.30. The van der Waals surface area contributed by atoms with E-state index in [1.807, 2.05) is 0 Å². The van der Waals surface area contributed by atoms with Crippen molar-refractivity contribution in [3.05, 3.63) is 24.5 Å². The van der Waals surface area contributed by atoms with Gasteiger partial charge in [-0.25, -0.2) is 4.98 Å². The Morgan fingerprint density at radius 3 is 2.88 bits per heavy atom. The summed E-state index contributed by atoms with van der Waals surface area (Å²) in [4.78, 5) is 12.5. The van der Waals surface area contributed by atoms with E-state index in [0.29, 0.717) is 23.3 Å². The number of hydrogen-bond donors (Lipinski definition) is 1. The average molecular weight is 231 g/mol. The largest absolute Gasteiger partial charge is 0.339 e. The molecule has 0 atom stereocenters. The van der Waals surface area contributed by atoms with Crippen LogP contribution in [0.3, 0.4) is 0 Å². The van der Waals surface area contributed by atoms with Gasteiger partial charge in [0.15, 0.2) is 0 Å². The Hall–Kier alpha value is -1.82. The quantitative estimate of drug-likeness (QED) is 0.830. The van der Waals surface area contributed by atoms with Crippen molar-refractivity contribution in [3.63, 3.8) is 0 Å². The lowest BCUT2D eigenvalue weighted by Crippen LogP contribution is -2.26. The van der Waals surface area contributed by atoms with Crippen molar-refractivity contribution in [2.45, 2.75) is 18.8 Å². The Bertz CT molecular complexity index is 478. The molecule has 6 heteroatoms. The van der Waals surface area contributed by atoms with Gasteiger partial charge >= 0.3 is 0 Å². The Morgan fingerprint density at radius 2 is 2.12 bits per heavy atom. The summed E-state index contributed by atoms with van der Waals surface area (Å²) < 4.78 is 5.30. The van der Waals surface area contributed by atoms with Gasteiger partial charge in [0, 0.05) is 18.3 Å². The Kier molecular flexibility index (Phi) is 2.79. The topological polar surface area (TPSA) is 76.7 Å². The van der Waals surface area contributed by atoms with Crippen LogP contribution in [0.2, 0.25) is 0 Å². The molecule has 0 bridgehead atoms. The fourth-order valence-electron chi connectivity index (χ4n) is 1.99. The van der Waals surface area contributed by atoms with E-state index in [0.717, 1.165) is 25.9 Å². The minimum absolute atomic E-state index is 0.370. The van der Waals surface area contributed by atoms with Crippen molar-refractivity contribution in [1.82, 2.24) is 25.4 Å². The number of hydrogen-bond acceptors (Lipinski definition) is 6. The third kappa shape index (κ3) is 2.16. The molecule has 1 fully saturated rings. The van der Waals surface area contributed by atoms with Crippen LogP contribution in [0.4, 0.5) is 0 Å². The second kappa shape index (κ2) is 4.58. The summed E-state index contributed by atoms with van der Waals surface area (Å²) in [6.07, 6.45) is 6.97. The fourth-order valence-corrected chi connectivity index (χ4v) is 1.99. The molecule has 6 nitrogen and oxygen atoms in total. The first-order valence-corrected chi connectivity index (χ1v) is 5.74. The van der Waals surface area contributed by atoms with Crippen LogP contribution < -0.4 is 5.32 Å². The van der Waals surface area contributed by atoms with Crippen molar-refractivity contribution in [2.75, 3.05) is 13.1 Å². The lowest BCUT2D eigenvalue weighted by Gasteiger charge is -2.18. The zero-order chi connectivity index (χ0) is 11.5. The third-order valence-electron chi connectivity index (χ3n) is 2.92. The zero-order valence-corrected chi connectivity index (χ0v) is 9.33. The van der Waals surface area contributed by atoms with Gasteiger partial charge in [0.25, 0.3) is 0 Å². The van der Waals surface area contributed by atoms with Gasteiger partial charge < -0.3 is 9.84 Å². The van der Waals surface area contributed by atoms with Gasteiger partial charge in [-0.15, -0.1) is 0 Å². The highest BCUT2D eigenvalue weighted by atomic mass is 16.5. The highest BCUT2D eigenvalue weighted by molar-refractivity contribution is 5.45. The van der Waals surface area contributed by atoms with Crippen LogP contribution in [0.15, 0.2) is 23.1 Å². The molecule has 0 spiro atoms. The summed E-state index contributed by atoms with van der Waals surface area (Å²) in [5, 5.41) is 7.26. The molecule has 0 aliphatic carbocycles. The van der Waals surface area contributed by atoms with Crippen LogP contribution in [-0.2, 0) is 0 Å². The number of nitrogens with zero attached hydrogens (tertiary/aromatic N) is 4. The van der Waals surface area contributed by atoms with Crippen molar-refractivity contribution in [3.8, 4) is 11.5 Å². The van der Waals surface area contributed by atoms with Gasteiger partial charge in [0.2, 0.25) is 11.7 Å². The Morgan fingerprint density at radius 1 is 1.24 bits per heavy atom. The molecule has 0 saturated carbocycles. The summed E-state index contributed by atoms with van der Waals surface area (Å²) in [7, 11) is 0. The molecular weight excluding hydrogens is 218 g/mol. The summed E-state index contributed by atoms with van der Waals surface area (Å²) in [6.45, 7) is 2.01. The van der Waals surface area contributed by atoms with Crippen LogP contribution >= 0.6 is 0 Å². The van der Waals surface area contributed by atoms with Crippen molar-refractivity contribution in [2.24, 2.45) is 0 Å². The van der Waals surface area contributed by atoms with Gasteiger partial charge in [-0.1, -0.05) is 5.16 Å². The number of nitrogens with one attached hydrogen (secondary N) is 1. The molecule has 0 unspecified atom stereocenters. The SMILES string of the molecule is c1cnc(-c2noc(C3CCNCC3)n2)cn1. The lowest BCUT2D eigenvalue weighted by atomic mass is 9.98. The minimum atomic E-state index is 0.370. The first-order chi connectivity index (χ1) is 8.43. The molecule has 1 saturated heterocycles. The first kappa shape index (κ1) is 10.3. The molecular formula is C11H13N5O. The molecule has 1 aliphatic rings. The van der Waals surface area contributed by atoms with E-state index in [2.05, 4.69) is 25.4 Å². The number of rotatable bonds is 2. The van der Waals surface area contributed by atoms with Crippen LogP contribution in [-0.4, -0.2) is 33.2 Å². The maximum absolute atomic E-state index is 5.30. The van der Waals surface area contributed by atoms with Crippen molar-refractivity contribution >= 4 is 0 Å². The highest BCUT2D eigenvalue weighted by Crippen LogP contribution is 2.25. The van der Waals surface area contributed by atoms with Gasteiger partial charge in [-0.2, -0.15) is 4.98 Å². The smallest absolute Gasteiger partial charge is 0.230 e. The first-order valence-electron chi connectivity index (χ1n) is 5.74. The molecule has 3 rings (SSSR count). The predicted molar refractivity (Wildman–Crippen MR) is 60.2 cm³/mol. The monoisotopic (exact) mass is 231 g/mol. The normalized spacial score (nSPS) is 17.2. The average Bonchev–Trinajstić information content (AvgIpc) is 2.90. The molecule has 2 aromatic heterocycles. The lowest BCUT2D eigenvalue weighted by molar-refractivity contribution is 0.320. The van der Waals surface area contributed by atoms with E-state index in [1.165, 1.54) is 0 Å². The summed E-state index contributed by atoms with van der Waals surface area (Å²) in [5.74, 6) is 1.60. The molecule has 88 valence electrons. The summed E-state index contributed by atoms with van der Waals surface area (Å²) >= 11 is 0. The van der Waals surface area contributed by atoms with Crippen molar-refractivity contribution < 1.29 is 4.52 Å². The van der Waals surface area contributed by atoms with E-state index in [-0.39, 0.29) is 0 Å². The minimum Gasteiger partial charge on any atom is -0.339 e. The molecule has 0 amide bonds. The molecule has 2 aromatic rings. The maximum Gasteiger partial charge on any atom is 0.230 e. The van der Waals surface area contributed by atoms with Crippen LogP contribution in [0, 0.1) is 0 Å². The molecule has 0 aromatic carbocycles. The molecule has 1 N–H and O–H groups in total. The second-order valence-electron chi connectivity index (χ2n) is 4.07. The Balaban J connectivity index is 1.83. The van der Waals surface area contributed by atoms with Gasteiger partial charge in [-0.3, -0.25) is 4.98 Å². The van der Waals surface area contributed by atoms with E-state index < -0.39 is 0 Å². The second-order valence-corrected chi connectivity index (χ2v) is 4.07. The fraction of sp³-hybridized carbons (Fsp3) is 0.455. The third-order valence-corrected chi connectivity index (χ3v) is 2.92. The van der Waals surface area contributed by atoms with Gasteiger partial charge in [0.05, 0.1) is 6.20 Å². The van der Waals surface area contributed by atoms with Crippen molar-refractivity contribution in [1.29, 1.82) is 0 Å². The molecule has 0 radical (unpaired) electrons. The van der Waals surface area contributed by atoms with Gasteiger partial charge in [-0.05, 0) is 25.9 Å². The summed E-state index contributed by atoms with van der Waals surface area (Å²) in [6, 6.07) is 0. The molecule has 3 heterocycles. The van der Waals surface area contributed by atoms with E-state index in [9.17, 15) is 0 Å². The summed E-state index contributed by atoms with van der Waals surface area (Å²) in [5.41, 5.74) is 0.649.